The number of hydrogen-bond donors (Lipinski definition) is 1. The Bertz CT molecular complexity index is 1610. The first-order chi connectivity index (χ1) is 21.6. The standard InChI is InChI=1S/C28H19ClF12N2O4/c1-3-43(23(45)13-7-9-14(10-8-13)26(33,34)35)18-6-4-5-16(21(18)46-2)22(44)42-20-17(29)11-15(12-19(20)47-24(30)31)25(32,27(36,37)38)28(39,40)41/h4-12,24H,3H2,1-2H3,(H,42,44). The minimum atomic E-state index is -6.64. The number of rotatable bonds is 9. The van der Waals surface area contributed by atoms with Gasteiger partial charge in [0.1, 0.15) is 5.69 Å². The van der Waals surface area contributed by atoms with Gasteiger partial charge in [-0.3, -0.25) is 9.59 Å². The number of ether oxygens (including phenoxy) is 2. The van der Waals surface area contributed by atoms with E-state index in [-0.39, 0.29) is 29.9 Å². The smallest absolute Gasteiger partial charge is 0.435 e. The number of benzene rings is 3. The molecule has 0 spiro atoms. The van der Waals surface area contributed by atoms with Gasteiger partial charge >= 0.3 is 30.8 Å². The summed E-state index contributed by atoms with van der Waals surface area (Å²) >= 11 is 5.79. The van der Waals surface area contributed by atoms with E-state index >= 15 is 0 Å². The molecule has 0 heterocycles. The SMILES string of the molecule is CCN(C(=O)c1ccc(C(F)(F)F)cc1)c1cccc(C(=O)Nc2c(Cl)cc(C(F)(C(F)(F)F)C(F)(F)F)cc2OC(F)F)c1OC. The third kappa shape index (κ3) is 7.47. The Balaban J connectivity index is 2.08. The molecule has 0 aromatic heterocycles. The number of hydrogen-bond acceptors (Lipinski definition) is 4. The molecule has 3 aromatic rings. The highest BCUT2D eigenvalue weighted by Gasteiger charge is 2.73. The number of amides is 2. The van der Waals surface area contributed by atoms with Crippen molar-refractivity contribution in [1.82, 2.24) is 0 Å². The van der Waals surface area contributed by atoms with Gasteiger partial charge in [-0.05, 0) is 55.5 Å². The molecule has 0 unspecified atom stereocenters. The molecule has 256 valence electrons. The van der Waals surface area contributed by atoms with E-state index in [2.05, 4.69) is 4.74 Å². The number of halogens is 13. The van der Waals surface area contributed by atoms with Gasteiger partial charge in [-0.2, -0.15) is 48.3 Å². The Morgan fingerprint density at radius 2 is 1.45 bits per heavy atom. The van der Waals surface area contributed by atoms with Gasteiger partial charge in [-0.15, -0.1) is 0 Å². The largest absolute Gasteiger partial charge is 0.494 e. The van der Waals surface area contributed by atoms with Crippen LogP contribution in [0.1, 0.15) is 38.8 Å². The summed E-state index contributed by atoms with van der Waals surface area (Å²) in [4.78, 5) is 27.5. The Morgan fingerprint density at radius 3 is 1.91 bits per heavy atom. The minimum absolute atomic E-state index is 0.143. The van der Waals surface area contributed by atoms with Crippen LogP contribution in [0.15, 0.2) is 54.6 Å². The molecule has 3 rings (SSSR count). The van der Waals surface area contributed by atoms with Crippen molar-refractivity contribution in [2.24, 2.45) is 0 Å². The molecule has 2 amide bonds. The summed E-state index contributed by atoms with van der Waals surface area (Å²) in [5.41, 5.74) is -11.4. The molecule has 0 atom stereocenters. The van der Waals surface area contributed by atoms with Gasteiger partial charge in [0.25, 0.3) is 11.8 Å². The number of carbonyl (C=O) groups is 2. The fourth-order valence-electron chi connectivity index (χ4n) is 4.27. The van der Waals surface area contributed by atoms with Crippen LogP contribution in [0, 0.1) is 0 Å². The van der Waals surface area contributed by atoms with Crippen molar-refractivity contribution in [3.63, 3.8) is 0 Å². The molecule has 3 aromatic carbocycles. The predicted octanol–water partition coefficient (Wildman–Crippen LogP) is 9.18. The molecule has 0 fully saturated rings. The third-order valence-electron chi connectivity index (χ3n) is 6.44. The van der Waals surface area contributed by atoms with Crippen LogP contribution in [0.3, 0.4) is 0 Å². The van der Waals surface area contributed by atoms with E-state index in [0.717, 1.165) is 30.2 Å². The van der Waals surface area contributed by atoms with Crippen LogP contribution in [0.25, 0.3) is 0 Å². The highest BCUT2D eigenvalue weighted by molar-refractivity contribution is 6.34. The minimum Gasteiger partial charge on any atom is -0.494 e. The first-order valence-corrected chi connectivity index (χ1v) is 13.0. The number of carbonyl (C=O) groups excluding carboxylic acids is 2. The third-order valence-corrected chi connectivity index (χ3v) is 6.74. The summed E-state index contributed by atoms with van der Waals surface area (Å²) in [7, 11) is 1.02. The Hall–Kier alpha value is -4.35. The molecular weight excluding hydrogens is 692 g/mol. The molecule has 0 saturated carbocycles. The van der Waals surface area contributed by atoms with E-state index in [0.29, 0.717) is 12.1 Å². The van der Waals surface area contributed by atoms with Gasteiger partial charge in [0.05, 0.1) is 28.9 Å². The van der Waals surface area contributed by atoms with Crippen molar-refractivity contribution in [3.8, 4) is 11.5 Å². The van der Waals surface area contributed by atoms with Crippen LogP contribution >= 0.6 is 11.6 Å². The lowest BCUT2D eigenvalue weighted by molar-refractivity contribution is -0.348. The maximum Gasteiger partial charge on any atom is 0.435 e. The van der Waals surface area contributed by atoms with Crippen molar-refractivity contribution in [1.29, 1.82) is 0 Å². The molecule has 0 bridgehead atoms. The van der Waals surface area contributed by atoms with Crippen molar-refractivity contribution in [2.45, 2.75) is 37.7 Å². The van der Waals surface area contributed by atoms with Crippen molar-refractivity contribution in [3.05, 3.63) is 81.9 Å². The van der Waals surface area contributed by atoms with Gasteiger partial charge in [0.2, 0.25) is 0 Å². The van der Waals surface area contributed by atoms with E-state index in [4.69, 9.17) is 16.3 Å². The molecule has 6 nitrogen and oxygen atoms in total. The average molecular weight is 711 g/mol. The lowest BCUT2D eigenvalue weighted by Crippen LogP contribution is -2.50. The van der Waals surface area contributed by atoms with E-state index in [1.54, 1.807) is 0 Å². The first-order valence-electron chi connectivity index (χ1n) is 12.7. The summed E-state index contributed by atoms with van der Waals surface area (Å²) < 4.78 is 169. The highest BCUT2D eigenvalue weighted by Crippen LogP contribution is 2.55. The zero-order valence-corrected chi connectivity index (χ0v) is 24.2. The molecule has 1 N–H and O–H groups in total. The Morgan fingerprint density at radius 1 is 0.872 bits per heavy atom. The van der Waals surface area contributed by atoms with Crippen LogP contribution in [-0.4, -0.2) is 44.4 Å². The molecule has 47 heavy (non-hydrogen) atoms. The molecule has 0 aliphatic heterocycles. The molecule has 19 heteroatoms. The molecule has 0 aliphatic carbocycles. The van der Waals surface area contributed by atoms with Crippen molar-refractivity contribution >= 4 is 34.8 Å². The summed E-state index contributed by atoms with van der Waals surface area (Å²) in [6.45, 7) is -2.60. The van der Waals surface area contributed by atoms with E-state index in [1.165, 1.54) is 19.1 Å². The molecule has 0 radical (unpaired) electrons. The van der Waals surface area contributed by atoms with Gasteiger partial charge in [-0.1, -0.05) is 17.7 Å². The van der Waals surface area contributed by atoms with Gasteiger partial charge < -0.3 is 19.7 Å². The number of nitrogens with zero attached hydrogens (tertiary/aromatic N) is 1. The molecular formula is C28H19ClF12N2O4. The fraction of sp³-hybridized carbons (Fsp3) is 0.286. The number of nitrogens with one attached hydrogen (secondary N) is 1. The summed E-state index contributed by atoms with van der Waals surface area (Å²) in [6, 6.07) is 6.05. The number of alkyl halides is 12. The monoisotopic (exact) mass is 710 g/mol. The van der Waals surface area contributed by atoms with Crippen LogP contribution in [0.2, 0.25) is 5.02 Å². The molecule has 0 aliphatic rings. The Labute approximate surface area is 261 Å². The maximum absolute atomic E-state index is 14.7. The van der Waals surface area contributed by atoms with Crippen LogP contribution in [0.4, 0.5) is 64.1 Å². The normalized spacial score (nSPS) is 12.6. The lowest BCUT2D eigenvalue weighted by Gasteiger charge is -2.31. The highest BCUT2D eigenvalue weighted by atomic mass is 35.5. The topological polar surface area (TPSA) is 67.9 Å². The lowest BCUT2D eigenvalue weighted by atomic mass is 9.93. The second-order valence-electron chi connectivity index (χ2n) is 9.30. The fourth-order valence-corrected chi connectivity index (χ4v) is 4.53. The Kier molecular flexibility index (Phi) is 10.6. The van der Waals surface area contributed by atoms with Crippen LogP contribution < -0.4 is 19.7 Å². The van der Waals surface area contributed by atoms with Gasteiger partial charge in [0.15, 0.2) is 11.5 Å². The van der Waals surface area contributed by atoms with Gasteiger partial charge in [0, 0.05) is 17.7 Å². The van der Waals surface area contributed by atoms with E-state index < -0.39 is 81.5 Å². The summed E-state index contributed by atoms with van der Waals surface area (Å²) in [5, 5.41) is 0.619. The molecule has 0 saturated heterocycles. The zero-order valence-electron chi connectivity index (χ0n) is 23.5. The first kappa shape index (κ1) is 37.1. The van der Waals surface area contributed by atoms with Crippen LogP contribution in [0.5, 0.6) is 11.5 Å². The maximum atomic E-state index is 14.7. The van der Waals surface area contributed by atoms with Crippen LogP contribution in [-0.2, 0) is 11.8 Å². The van der Waals surface area contributed by atoms with Gasteiger partial charge in [-0.25, -0.2) is 4.39 Å². The zero-order chi connectivity index (χ0) is 35.7. The number of methoxy groups -OCH3 is 1. The van der Waals surface area contributed by atoms with Crippen molar-refractivity contribution < 1.29 is 71.7 Å². The number of anilines is 2. The summed E-state index contributed by atoms with van der Waals surface area (Å²) in [5.74, 6) is -4.16. The quantitative estimate of drug-likeness (QED) is 0.225. The second kappa shape index (κ2) is 13.4. The average Bonchev–Trinajstić information content (AvgIpc) is 2.96. The van der Waals surface area contributed by atoms with E-state index in [9.17, 15) is 62.3 Å². The number of para-hydroxylation sites is 1. The van der Waals surface area contributed by atoms with E-state index in [1.807, 2.05) is 5.32 Å². The predicted molar refractivity (Wildman–Crippen MR) is 143 cm³/mol. The summed E-state index contributed by atoms with van der Waals surface area (Å²) in [6.07, 6.45) is -18.0. The van der Waals surface area contributed by atoms with Crippen molar-refractivity contribution in [2.75, 3.05) is 23.9 Å². The second-order valence-corrected chi connectivity index (χ2v) is 9.71.